The Morgan fingerprint density at radius 3 is 2.42 bits per heavy atom. The van der Waals surface area contributed by atoms with Crippen LogP contribution in [-0.2, 0) is 6.18 Å². The number of hydrogen-bond donors (Lipinski definition) is 1. The van der Waals surface area contributed by atoms with Gasteiger partial charge in [-0.15, -0.1) is 11.3 Å². The van der Waals surface area contributed by atoms with E-state index in [1.54, 1.807) is 18.4 Å². The number of halogens is 3. The van der Waals surface area contributed by atoms with Crippen LogP contribution in [0.1, 0.15) is 27.7 Å². The summed E-state index contributed by atoms with van der Waals surface area (Å²) < 4.78 is 37.5. The van der Waals surface area contributed by atoms with Gasteiger partial charge in [-0.05, 0) is 43.1 Å². The molecule has 0 bridgehead atoms. The van der Waals surface area contributed by atoms with Crippen molar-refractivity contribution in [3.63, 3.8) is 0 Å². The SMILES string of the molecule is CNC(c1ccc(C(F)(F)F)cn1)c1ccsc1C. The average Bonchev–Trinajstić information content (AvgIpc) is 2.76. The second-order valence-electron chi connectivity index (χ2n) is 4.12. The lowest BCUT2D eigenvalue weighted by molar-refractivity contribution is -0.137. The molecule has 19 heavy (non-hydrogen) atoms. The number of aryl methyl sites for hydroxylation is 1. The number of alkyl halides is 3. The molecule has 1 atom stereocenters. The Bertz CT molecular complexity index is 546. The first-order valence-corrected chi connectivity index (χ1v) is 6.56. The van der Waals surface area contributed by atoms with Crippen LogP contribution in [0.3, 0.4) is 0 Å². The quantitative estimate of drug-likeness (QED) is 0.929. The predicted octanol–water partition coefficient (Wildman–Crippen LogP) is 3.78. The van der Waals surface area contributed by atoms with Crippen molar-refractivity contribution in [3.8, 4) is 0 Å². The Hall–Kier alpha value is -1.40. The van der Waals surface area contributed by atoms with E-state index in [-0.39, 0.29) is 6.04 Å². The fraction of sp³-hybridized carbons (Fsp3) is 0.308. The van der Waals surface area contributed by atoms with E-state index in [2.05, 4.69) is 10.3 Å². The van der Waals surface area contributed by atoms with Crippen molar-refractivity contribution in [1.29, 1.82) is 0 Å². The highest BCUT2D eigenvalue weighted by Gasteiger charge is 2.31. The maximum absolute atomic E-state index is 12.5. The highest BCUT2D eigenvalue weighted by molar-refractivity contribution is 7.10. The van der Waals surface area contributed by atoms with Crippen molar-refractivity contribution in [2.45, 2.75) is 19.1 Å². The molecule has 0 saturated heterocycles. The highest BCUT2D eigenvalue weighted by Crippen LogP contribution is 2.31. The van der Waals surface area contributed by atoms with E-state index < -0.39 is 11.7 Å². The van der Waals surface area contributed by atoms with Gasteiger partial charge in [-0.2, -0.15) is 13.2 Å². The zero-order valence-electron chi connectivity index (χ0n) is 10.5. The van der Waals surface area contributed by atoms with E-state index in [0.717, 1.165) is 22.7 Å². The third-order valence-corrected chi connectivity index (χ3v) is 3.77. The molecule has 102 valence electrons. The van der Waals surface area contributed by atoms with Crippen LogP contribution in [0.25, 0.3) is 0 Å². The van der Waals surface area contributed by atoms with E-state index in [1.807, 2.05) is 18.4 Å². The topological polar surface area (TPSA) is 24.9 Å². The van der Waals surface area contributed by atoms with Crippen molar-refractivity contribution in [3.05, 3.63) is 51.5 Å². The second-order valence-corrected chi connectivity index (χ2v) is 5.24. The summed E-state index contributed by atoms with van der Waals surface area (Å²) in [6.07, 6.45) is -3.47. The third-order valence-electron chi connectivity index (χ3n) is 2.91. The van der Waals surface area contributed by atoms with Crippen LogP contribution >= 0.6 is 11.3 Å². The van der Waals surface area contributed by atoms with Crippen LogP contribution < -0.4 is 5.32 Å². The van der Waals surface area contributed by atoms with Gasteiger partial charge >= 0.3 is 6.18 Å². The monoisotopic (exact) mass is 286 g/mol. The number of hydrogen-bond acceptors (Lipinski definition) is 3. The zero-order chi connectivity index (χ0) is 14.0. The molecule has 2 nitrogen and oxygen atoms in total. The maximum atomic E-state index is 12.5. The lowest BCUT2D eigenvalue weighted by atomic mass is 10.0. The van der Waals surface area contributed by atoms with Gasteiger partial charge in [-0.1, -0.05) is 0 Å². The fourth-order valence-electron chi connectivity index (χ4n) is 1.90. The molecule has 0 aromatic carbocycles. The number of rotatable bonds is 3. The van der Waals surface area contributed by atoms with Gasteiger partial charge in [0.25, 0.3) is 0 Å². The number of aromatic nitrogens is 1. The minimum Gasteiger partial charge on any atom is -0.308 e. The Morgan fingerprint density at radius 2 is 2.00 bits per heavy atom. The molecule has 0 fully saturated rings. The summed E-state index contributed by atoms with van der Waals surface area (Å²) in [4.78, 5) is 5.06. The Morgan fingerprint density at radius 1 is 1.26 bits per heavy atom. The molecule has 0 spiro atoms. The number of nitrogens with one attached hydrogen (secondary N) is 1. The van der Waals surface area contributed by atoms with E-state index in [1.165, 1.54) is 6.07 Å². The van der Waals surface area contributed by atoms with Crippen molar-refractivity contribution in [2.24, 2.45) is 0 Å². The molecule has 2 aromatic heterocycles. The molecule has 1 unspecified atom stereocenters. The van der Waals surface area contributed by atoms with Gasteiger partial charge in [0.1, 0.15) is 0 Å². The van der Waals surface area contributed by atoms with Crippen LogP contribution in [0.4, 0.5) is 13.2 Å². The standard InChI is InChI=1S/C13H13F3N2S/c1-8-10(5-6-19-8)12(17-2)11-4-3-9(7-18-11)13(14,15)16/h3-7,12,17H,1-2H3. The van der Waals surface area contributed by atoms with E-state index in [4.69, 9.17) is 0 Å². The van der Waals surface area contributed by atoms with Crippen LogP contribution in [0.2, 0.25) is 0 Å². The molecule has 2 rings (SSSR count). The van der Waals surface area contributed by atoms with E-state index in [9.17, 15) is 13.2 Å². The molecule has 0 aliphatic carbocycles. The van der Waals surface area contributed by atoms with Crippen molar-refractivity contribution < 1.29 is 13.2 Å². The number of nitrogens with zero attached hydrogens (tertiary/aromatic N) is 1. The van der Waals surface area contributed by atoms with Gasteiger partial charge in [0.15, 0.2) is 0 Å². The van der Waals surface area contributed by atoms with Crippen LogP contribution in [-0.4, -0.2) is 12.0 Å². The zero-order valence-corrected chi connectivity index (χ0v) is 11.3. The normalized spacial score (nSPS) is 13.5. The first kappa shape index (κ1) is 14.0. The molecular weight excluding hydrogens is 273 g/mol. The summed E-state index contributed by atoms with van der Waals surface area (Å²) in [7, 11) is 1.77. The summed E-state index contributed by atoms with van der Waals surface area (Å²) in [5.74, 6) is 0. The molecular formula is C13H13F3N2S. The smallest absolute Gasteiger partial charge is 0.308 e. The summed E-state index contributed by atoms with van der Waals surface area (Å²) in [5.41, 5.74) is 0.893. The molecule has 0 aliphatic heterocycles. The van der Waals surface area contributed by atoms with Crippen LogP contribution in [0.5, 0.6) is 0 Å². The Labute approximate surface area is 113 Å². The Kier molecular flexibility index (Phi) is 3.91. The van der Waals surface area contributed by atoms with Crippen molar-refractivity contribution in [1.82, 2.24) is 10.3 Å². The minimum absolute atomic E-state index is 0.187. The van der Waals surface area contributed by atoms with Crippen LogP contribution in [0, 0.1) is 6.92 Å². The average molecular weight is 286 g/mol. The third kappa shape index (κ3) is 2.96. The summed E-state index contributed by atoms with van der Waals surface area (Å²) >= 11 is 1.60. The van der Waals surface area contributed by atoms with Crippen molar-refractivity contribution >= 4 is 11.3 Å². The van der Waals surface area contributed by atoms with Gasteiger partial charge < -0.3 is 5.32 Å². The minimum atomic E-state index is -4.35. The molecule has 2 aromatic rings. The summed E-state index contributed by atoms with van der Waals surface area (Å²) in [6, 6.07) is 4.25. The van der Waals surface area contributed by atoms with Gasteiger partial charge in [-0.25, -0.2) is 0 Å². The molecule has 0 aliphatic rings. The predicted molar refractivity (Wildman–Crippen MR) is 69.2 cm³/mol. The van der Waals surface area contributed by atoms with E-state index in [0.29, 0.717) is 5.69 Å². The van der Waals surface area contributed by atoms with Gasteiger partial charge in [-0.3, -0.25) is 4.98 Å². The number of thiophene rings is 1. The first-order chi connectivity index (χ1) is 8.93. The van der Waals surface area contributed by atoms with Gasteiger partial charge in [0.2, 0.25) is 0 Å². The molecule has 6 heteroatoms. The maximum Gasteiger partial charge on any atom is 0.417 e. The molecule has 0 amide bonds. The Balaban J connectivity index is 2.33. The summed E-state index contributed by atoms with van der Waals surface area (Å²) in [5, 5.41) is 5.04. The molecule has 0 radical (unpaired) electrons. The van der Waals surface area contributed by atoms with Crippen molar-refractivity contribution in [2.75, 3.05) is 7.05 Å². The van der Waals surface area contributed by atoms with Gasteiger partial charge in [0, 0.05) is 11.1 Å². The molecule has 0 saturated carbocycles. The second kappa shape index (κ2) is 5.30. The van der Waals surface area contributed by atoms with E-state index >= 15 is 0 Å². The van der Waals surface area contributed by atoms with Crippen LogP contribution in [0.15, 0.2) is 29.8 Å². The lowest BCUT2D eigenvalue weighted by Gasteiger charge is -2.16. The molecule has 2 heterocycles. The van der Waals surface area contributed by atoms with Gasteiger partial charge in [0.05, 0.1) is 17.3 Å². The highest BCUT2D eigenvalue weighted by atomic mass is 32.1. The lowest BCUT2D eigenvalue weighted by Crippen LogP contribution is -2.19. The number of pyridine rings is 1. The summed E-state index contributed by atoms with van der Waals surface area (Å²) in [6.45, 7) is 1.98. The largest absolute Gasteiger partial charge is 0.417 e. The first-order valence-electron chi connectivity index (χ1n) is 5.68. The molecule has 1 N–H and O–H groups in total. The fourth-order valence-corrected chi connectivity index (χ4v) is 2.64.